The maximum atomic E-state index is 5.98. The Kier molecular flexibility index (Phi) is 1.93. The number of rotatable bonds is 0. The molecule has 0 fully saturated rings. The first-order valence-electron chi connectivity index (χ1n) is 6.39. The molecule has 0 aromatic heterocycles. The van der Waals surface area contributed by atoms with Gasteiger partial charge in [-0.15, -0.1) is 0 Å². The highest BCUT2D eigenvalue weighted by Gasteiger charge is 2.31. The summed E-state index contributed by atoms with van der Waals surface area (Å²) in [5.74, 6) is 2.56. The Morgan fingerprint density at radius 2 is 1.83 bits per heavy atom. The van der Waals surface area contributed by atoms with E-state index >= 15 is 0 Å². The average Bonchev–Trinajstić information content (AvgIpc) is 2.73. The van der Waals surface area contributed by atoms with Crippen molar-refractivity contribution in [1.29, 1.82) is 0 Å². The van der Waals surface area contributed by atoms with Gasteiger partial charge in [0.05, 0.1) is 0 Å². The standard InChI is InChI=1S/C17H14O/c1-11-6-7-16-14(8-11)15-9-12-4-2-3-5-13(12)10-17(15)18-16/h2-7,9-10,14H,8H2,1H3. The quantitative estimate of drug-likeness (QED) is 0.649. The van der Waals surface area contributed by atoms with Gasteiger partial charge in [0.2, 0.25) is 0 Å². The molecule has 0 amide bonds. The topological polar surface area (TPSA) is 9.23 Å². The maximum absolute atomic E-state index is 5.98. The first-order chi connectivity index (χ1) is 8.81. The van der Waals surface area contributed by atoms with Gasteiger partial charge in [0, 0.05) is 11.5 Å². The molecule has 2 aromatic rings. The van der Waals surface area contributed by atoms with Crippen LogP contribution in [0.4, 0.5) is 0 Å². The molecule has 1 nitrogen and oxygen atoms in total. The Bertz CT molecular complexity index is 707. The minimum Gasteiger partial charge on any atom is -0.461 e. The van der Waals surface area contributed by atoms with Crippen LogP contribution in [-0.2, 0) is 0 Å². The summed E-state index contributed by atoms with van der Waals surface area (Å²) in [5, 5.41) is 2.55. The van der Waals surface area contributed by atoms with E-state index in [1.807, 2.05) is 0 Å². The molecule has 18 heavy (non-hydrogen) atoms. The van der Waals surface area contributed by atoms with Crippen LogP contribution in [0.3, 0.4) is 0 Å². The molecule has 1 heteroatoms. The van der Waals surface area contributed by atoms with Crippen LogP contribution >= 0.6 is 0 Å². The van der Waals surface area contributed by atoms with Crippen molar-refractivity contribution in [2.75, 3.05) is 0 Å². The summed E-state index contributed by atoms with van der Waals surface area (Å²) >= 11 is 0. The van der Waals surface area contributed by atoms with Crippen molar-refractivity contribution >= 4 is 10.8 Å². The summed E-state index contributed by atoms with van der Waals surface area (Å²) < 4.78 is 5.98. The van der Waals surface area contributed by atoms with Crippen molar-refractivity contribution in [3.8, 4) is 5.75 Å². The summed E-state index contributed by atoms with van der Waals surface area (Å²) in [4.78, 5) is 0. The second kappa shape index (κ2) is 3.49. The molecule has 0 saturated heterocycles. The van der Waals surface area contributed by atoms with Gasteiger partial charge in [0.1, 0.15) is 11.5 Å². The summed E-state index contributed by atoms with van der Waals surface area (Å²) in [5.41, 5.74) is 2.76. The van der Waals surface area contributed by atoms with Gasteiger partial charge >= 0.3 is 0 Å². The first kappa shape index (κ1) is 9.95. The van der Waals surface area contributed by atoms with Gasteiger partial charge in [-0.2, -0.15) is 0 Å². The van der Waals surface area contributed by atoms with Crippen LogP contribution in [0.1, 0.15) is 24.8 Å². The van der Waals surface area contributed by atoms with E-state index in [4.69, 9.17) is 4.74 Å². The van der Waals surface area contributed by atoms with Crippen LogP contribution in [0.25, 0.3) is 10.8 Å². The molecule has 0 saturated carbocycles. The van der Waals surface area contributed by atoms with Crippen LogP contribution in [0, 0.1) is 0 Å². The van der Waals surface area contributed by atoms with E-state index < -0.39 is 0 Å². The summed E-state index contributed by atoms with van der Waals surface area (Å²) in [6.07, 6.45) is 5.36. The van der Waals surface area contributed by atoms with Crippen molar-refractivity contribution in [2.24, 2.45) is 0 Å². The van der Waals surface area contributed by atoms with Gasteiger partial charge in [0.15, 0.2) is 0 Å². The van der Waals surface area contributed by atoms with Crippen LogP contribution in [-0.4, -0.2) is 0 Å². The minimum atomic E-state index is 0.426. The number of benzene rings is 2. The van der Waals surface area contributed by atoms with Crippen molar-refractivity contribution in [2.45, 2.75) is 19.3 Å². The second-order valence-electron chi connectivity index (χ2n) is 5.18. The molecule has 1 heterocycles. The molecule has 0 bridgehead atoms. The Morgan fingerprint density at radius 3 is 2.67 bits per heavy atom. The number of allylic oxidation sites excluding steroid dienone is 4. The van der Waals surface area contributed by atoms with Crippen LogP contribution < -0.4 is 4.74 Å². The molecule has 1 aliphatic carbocycles. The normalized spacial score (nSPS) is 20.8. The van der Waals surface area contributed by atoms with E-state index in [2.05, 4.69) is 55.5 Å². The van der Waals surface area contributed by atoms with E-state index in [0.717, 1.165) is 17.9 Å². The largest absolute Gasteiger partial charge is 0.461 e. The number of ether oxygens (including phenoxy) is 1. The van der Waals surface area contributed by atoms with Gasteiger partial charge in [0.25, 0.3) is 0 Å². The van der Waals surface area contributed by atoms with E-state index in [9.17, 15) is 0 Å². The Balaban J connectivity index is 1.92. The molecule has 0 N–H and O–H groups in total. The zero-order valence-corrected chi connectivity index (χ0v) is 10.3. The van der Waals surface area contributed by atoms with E-state index in [0.29, 0.717) is 5.92 Å². The maximum Gasteiger partial charge on any atom is 0.131 e. The molecule has 0 radical (unpaired) electrons. The average molecular weight is 234 g/mol. The van der Waals surface area contributed by atoms with Crippen molar-refractivity contribution < 1.29 is 4.74 Å². The smallest absolute Gasteiger partial charge is 0.131 e. The van der Waals surface area contributed by atoms with Gasteiger partial charge in [-0.05, 0) is 42.3 Å². The third-order valence-electron chi connectivity index (χ3n) is 3.88. The van der Waals surface area contributed by atoms with Gasteiger partial charge in [-0.1, -0.05) is 35.9 Å². The molecule has 88 valence electrons. The Morgan fingerprint density at radius 1 is 1.06 bits per heavy atom. The Hall–Kier alpha value is -2.02. The summed E-state index contributed by atoms with van der Waals surface area (Å²) in [6.45, 7) is 2.19. The van der Waals surface area contributed by atoms with E-state index in [-0.39, 0.29) is 0 Å². The molecule has 1 atom stereocenters. The second-order valence-corrected chi connectivity index (χ2v) is 5.18. The fourth-order valence-corrected chi connectivity index (χ4v) is 2.92. The minimum absolute atomic E-state index is 0.426. The molecule has 1 aliphatic heterocycles. The van der Waals surface area contributed by atoms with Crippen molar-refractivity contribution in [3.63, 3.8) is 0 Å². The lowest BCUT2D eigenvalue weighted by Crippen LogP contribution is -2.03. The lowest BCUT2D eigenvalue weighted by molar-refractivity contribution is 0.423. The molecule has 2 aliphatic rings. The van der Waals surface area contributed by atoms with E-state index in [1.165, 1.54) is 21.9 Å². The summed E-state index contributed by atoms with van der Waals surface area (Å²) in [6, 6.07) is 12.9. The SMILES string of the molecule is CC1=CC=C2Oc3cc4ccccc4cc3C2C1. The molecule has 1 unspecified atom stereocenters. The van der Waals surface area contributed by atoms with E-state index in [1.54, 1.807) is 0 Å². The van der Waals surface area contributed by atoms with Crippen LogP contribution in [0.15, 0.2) is 59.9 Å². The molecular formula is C17H14O. The third-order valence-corrected chi connectivity index (χ3v) is 3.88. The van der Waals surface area contributed by atoms with Gasteiger partial charge in [-0.3, -0.25) is 0 Å². The molecule has 4 rings (SSSR count). The molecular weight excluding hydrogens is 220 g/mol. The highest BCUT2D eigenvalue weighted by molar-refractivity contribution is 5.86. The number of hydrogen-bond acceptors (Lipinski definition) is 1. The first-order valence-corrected chi connectivity index (χ1v) is 6.39. The monoisotopic (exact) mass is 234 g/mol. The number of fused-ring (bicyclic) bond motifs is 4. The fourth-order valence-electron chi connectivity index (χ4n) is 2.92. The third kappa shape index (κ3) is 1.34. The predicted octanol–water partition coefficient (Wildman–Crippen LogP) is 4.55. The number of hydrogen-bond donors (Lipinski definition) is 0. The zero-order valence-electron chi connectivity index (χ0n) is 10.3. The summed E-state index contributed by atoms with van der Waals surface area (Å²) in [7, 11) is 0. The fraction of sp³-hybridized carbons (Fsp3) is 0.176. The predicted molar refractivity (Wildman–Crippen MR) is 73.8 cm³/mol. The van der Waals surface area contributed by atoms with Crippen LogP contribution in [0.2, 0.25) is 0 Å². The zero-order chi connectivity index (χ0) is 12.1. The van der Waals surface area contributed by atoms with Crippen molar-refractivity contribution in [3.05, 3.63) is 65.4 Å². The van der Waals surface area contributed by atoms with Gasteiger partial charge in [-0.25, -0.2) is 0 Å². The lowest BCUT2D eigenvalue weighted by Gasteiger charge is -2.15. The molecule has 0 spiro atoms. The van der Waals surface area contributed by atoms with Gasteiger partial charge < -0.3 is 4.74 Å². The van der Waals surface area contributed by atoms with Crippen LogP contribution in [0.5, 0.6) is 5.75 Å². The highest BCUT2D eigenvalue weighted by atomic mass is 16.5. The lowest BCUT2D eigenvalue weighted by atomic mass is 9.88. The highest BCUT2D eigenvalue weighted by Crippen LogP contribution is 2.47. The Labute approximate surface area is 106 Å². The van der Waals surface area contributed by atoms with Crippen molar-refractivity contribution in [1.82, 2.24) is 0 Å². The molecule has 2 aromatic carbocycles.